The molecule has 9 nitrogen and oxygen atoms in total. The maximum atomic E-state index is 12.3. The first-order chi connectivity index (χ1) is 14.0. The van der Waals surface area contributed by atoms with Crippen molar-refractivity contribution in [1.82, 2.24) is 0 Å². The Morgan fingerprint density at radius 1 is 0.800 bits per heavy atom. The van der Waals surface area contributed by atoms with E-state index in [0.29, 0.717) is 6.42 Å². The largest absolute Gasteiger partial charge is 0.456 e. The highest BCUT2D eigenvalue weighted by Crippen LogP contribution is 2.30. The van der Waals surface area contributed by atoms with Gasteiger partial charge < -0.3 is 29.5 Å². The lowest BCUT2D eigenvalue weighted by atomic mass is 9.84. The lowest BCUT2D eigenvalue weighted by molar-refractivity contribution is -0.246. The molecule has 1 aliphatic carbocycles. The summed E-state index contributed by atoms with van der Waals surface area (Å²) in [7, 11) is 0. The molecule has 0 aromatic rings. The highest BCUT2D eigenvalue weighted by atomic mass is 16.6. The number of hydrogen-bond donors (Lipinski definition) is 3. The van der Waals surface area contributed by atoms with Gasteiger partial charge in [0.25, 0.3) is 0 Å². The number of aliphatic hydroxyl groups is 3. The van der Waals surface area contributed by atoms with Crippen LogP contribution in [0.1, 0.15) is 48.0 Å². The van der Waals surface area contributed by atoms with Crippen molar-refractivity contribution in [2.45, 2.75) is 84.6 Å². The first kappa shape index (κ1) is 25.8. The van der Waals surface area contributed by atoms with Crippen molar-refractivity contribution in [3.05, 3.63) is 23.3 Å². The van der Waals surface area contributed by atoms with Crippen molar-refractivity contribution < 1.29 is 43.9 Å². The normalized spacial score (nSPS) is 31.0. The Morgan fingerprint density at radius 3 is 1.60 bits per heavy atom. The monoisotopic (exact) mass is 428 g/mol. The number of allylic oxidation sites excluding steroid dienone is 2. The van der Waals surface area contributed by atoms with E-state index in [-0.39, 0.29) is 11.1 Å². The predicted molar refractivity (Wildman–Crippen MR) is 106 cm³/mol. The number of rotatable bonds is 7. The molecule has 0 unspecified atom stereocenters. The van der Waals surface area contributed by atoms with Crippen molar-refractivity contribution in [3.8, 4) is 0 Å². The van der Waals surface area contributed by atoms with Gasteiger partial charge in [-0.05, 0) is 34.1 Å². The molecular weight excluding hydrogens is 396 g/mol. The van der Waals surface area contributed by atoms with E-state index in [0.717, 1.165) is 0 Å². The molecule has 30 heavy (non-hydrogen) atoms. The second-order valence-electron chi connectivity index (χ2n) is 7.37. The highest BCUT2D eigenvalue weighted by molar-refractivity contribution is 5.88. The van der Waals surface area contributed by atoms with Crippen molar-refractivity contribution >= 4 is 17.9 Å². The number of carbonyl (C=O) groups is 3. The smallest absolute Gasteiger partial charge is 0.333 e. The highest BCUT2D eigenvalue weighted by Gasteiger charge is 2.55. The summed E-state index contributed by atoms with van der Waals surface area (Å²) < 4.78 is 15.7. The molecule has 1 aliphatic rings. The fourth-order valence-electron chi connectivity index (χ4n) is 2.67. The maximum Gasteiger partial charge on any atom is 0.333 e. The molecule has 0 aliphatic heterocycles. The maximum absolute atomic E-state index is 12.3. The molecule has 170 valence electrons. The number of carbonyl (C=O) groups excluding carboxylic acids is 3. The summed E-state index contributed by atoms with van der Waals surface area (Å²) in [5.74, 6) is -2.84. The summed E-state index contributed by atoms with van der Waals surface area (Å²) in [5, 5.41) is 31.8. The topological polar surface area (TPSA) is 140 Å². The van der Waals surface area contributed by atoms with Gasteiger partial charge in [-0.15, -0.1) is 0 Å². The van der Waals surface area contributed by atoms with E-state index in [1.54, 1.807) is 27.7 Å². The Bertz CT molecular complexity index is 697. The lowest BCUT2D eigenvalue weighted by Gasteiger charge is -2.44. The Hall–Kier alpha value is -2.23. The van der Waals surface area contributed by atoms with Crippen LogP contribution in [-0.4, -0.2) is 69.9 Å². The molecule has 9 heteroatoms. The molecule has 0 radical (unpaired) electrons. The molecule has 0 spiro atoms. The quantitative estimate of drug-likeness (QED) is 0.305. The van der Waals surface area contributed by atoms with Gasteiger partial charge in [-0.1, -0.05) is 26.0 Å². The molecule has 3 N–H and O–H groups in total. The summed E-state index contributed by atoms with van der Waals surface area (Å²) >= 11 is 0. The van der Waals surface area contributed by atoms with E-state index in [2.05, 4.69) is 0 Å². The molecular formula is C21H32O9. The first-order valence-corrected chi connectivity index (χ1v) is 9.92. The zero-order valence-corrected chi connectivity index (χ0v) is 18.2. The van der Waals surface area contributed by atoms with Gasteiger partial charge in [0.1, 0.15) is 18.3 Å². The standard InChI is InChI=1S/C21H32O9/c1-7-10(4)19(25)28-16-13(22)14(23)17(29-20(26)11(5)8-2)18(15(16)24)30-21(27)12(6)9-3/h8-10,13-18,22-24H,7H2,1-6H3/b11-8-,12-9-/t10-,13-,14-,15+,16+,17+,18-/m1/s1. The summed E-state index contributed by atoms with van der Waals surface area (Å²) in [5.41, 5.74) is 0.428. The van der Waals surface area contributed by atoms with Crippen LogP contribution in [0.25, 0.3) is 0 Å². The van der Waals surface area contributed by atoms with E-state index in [1.165, 1.54) is 26.0 Å². The molecule has 7 atom stereocenters. The molecule has 0 heterocycles. The van der Waals surface area contributed by atoms with Crippen LogP contribution in [0.15, 0.2) is 23.3 Å². The zero-order valence-electron chi connectivity index (χ0n) is 18.2. The number of esters is 3. The average molecular weight is 428 g/mol. The van der Waals surface area contributed by atoms with Crippen LogP contribution < -0.4 is 0 Å². The average Bonchev–Trinajstić information content (AvgIpc) is 2.74. The van der Waals surface area contributed by atoms with E-state index >= 15 is 0 Å². The molecule has 1 saturated carbocycles. The minimum atomic E-state index is -1.78. The van der Waals surface area contributed by atoms with Crippen LogP contribution in [0.2, 0.25) is 0 Å². The number of aliphatic hydroxyl groups excluding tert-OH is 3. The molecule has 0 aromatic carbocycles. The van der Waals surface area contributed by atoms with Gasteiger partial charge in [0.05, 0.1) is 5.92 Å². The summed E-state index contributed by atoms with van der Waals surface area (Å²) in [6.45, 7) is 9.54. The second-order valence-corrected chi connectivity index (χ2v) is 7.37. The Balaban J connectivity index is 3.25. The molecule has 0 bridgehead atoms. The number of ether oxygens (including phenoxy) is 3. The van der Waals surface area contributed by atoms with Crippen LogP contribution in [-0.2, 0) is 28.6 Å². The van der Waals surface area contributed by atoms with Gasteiger partial charge in [0, 0.05) is 11.1 Å². The van der Waals surface area contributed by atoms with Crippen molar-refractivity contribution in [3.63, 3.8) is 0 Å². The fraction of sp³-hybridized carbons (Fsp3) is 0.667. The van der Waals surface area contributed by atoms with Gasteiger partial charge in [-0.25, -0.2) is 9.59 Å². The molecule has 1 fully saturated rings. The van der Waals surface area contributed by atoms with Gasteiger partial charge >= 0.3 is 17.9 Å². The van der Waals surface area contributed by atoms with Crippen molar-refractivity contribution in [2.24, 2.45) is 5.92 Å². The van der Waals surface area contributed by atoms with Gasteiger partial charge in [0.15, 0.2) is 18.3 Å². The lowest BCUT2D eigenvalue weighted by Crippen LogP contribution is -2.66. The molecule has 1 rings (SSSR count). The van der Waals surface area contributed by atoms with E-state index in [4.69, 9.17) is 14.2 Å². The van der Waals surface area contributed by atoms with E-state index in [9.17, 15) is 29.7 Å². The summed E-state index contributed by atoms with van der Waals surface area (Å²) in [6.07, 6.45) is -6.60. The molecule has 0 aromatic heterocycles. The van der Waals surface area contributed by atoms with E-state index < -0.39 is 60.4 Å². The Labute approximate surface area is 176 Å². The zero-order chi connectivity index (χ0) is 23.2. The fourth-order valence-corrected chi connectivity index (χ4v) is 2.67. The third-order valence-corrected chi connectivity index (χ3v) is 5.28. The Morgan fingerprint density at radius 2 is 1.20 bits per heavy atom. The van der Waals surface area contributed by atoms with Crippen LogP contribution >= 0.6 is 0 Å². The predicted octanol–water partition coefficient (Wildman–Crippen LogP) is 0.797. The molecule has 0 saturated heterocycles. The minimum Gasteiger partial charge on any atom is -0.456 e. The van der Waals surface area contributed by atoms with Gasteiger partial charge in [0.2, 0.25) is 0 Å². The minimum absolute atomic E-state index is 0.214. The van der Waals surface area contributed by atoms with Gasteiger partial charge in [-0.3, -0.25) is 4.79 Å². The van der Waals surface area contributed by atoms with Crippen LogP contribution in [0.4, 0.5) is 0 Å². The van der Waals surface area contributed by atoms with E-state index in [1.807, 2.05) is 0 Å². The van der Waals surface area contributed by atoms with Crippen LogP contribution in [0.5, 0.6) is 0 Å². The van der Waals surface area contributed by atoms with Crippen molar-refractivity contribution in [1.29, 1.82) is 0 Å². The van der Waals surface area contributed by atoms with Crippen LogP contribution in [0.3, 0.4) is 0 Å². The summed E-state index contributed by atoms with van der Waals surface area (Å²) in [6, 6.07) is 0. The second kappa shape index (κ2) is 11.2. The first-order valence-electron chi connectivity index (χ1n) is 9.92. The number of hydrogen-bond acceptors (Lipinski definition) is 9. The summed E-state index contributed by atoms with van der Waals surface area (Å²) in [4.78, 5) is 36.7. The van der Waals surface area contributed by atoms with Crippen molar-refractivity contribution in [2.75, 3.05) is 0 Å². The van der Waals surface area contributed by atoms with Gasteiger partial charge in [-0.2, -0.15) is 0 Å². The SMILES string of the molecule is C/C=C(/C)C(=O)O[C@@H]1[C@@H](O)[C@@H](OC(=O)[C@H](C)CC)[C@H](O)[C@@H](O)[C@@H]1OC(=O)/C(C)=C\C. The van der Waals surface area contributed by atoms with Crippen LogP contribution in [0, 0.1) is 5.92 Å². The third-order valence-electron chi connectivity index (χ3n) is 5.28. The molecule has 0 amide bonds. The third kappa shape index (κ3) is 5.90. The Kier molecular flexibility index (Phi) is 9.67.